The van der Waals surface area contributed by atoms with E-state index in [1.807, 2.05) is 0 Å². The minimum Gasteiger partial charge on any atom is -0.358 e. The first-order valence-corrected chi connectivity index (χ1v) is 7.10. The number of rotatable bonds is 4. The zero-order valence-electron chi connectivity index (χ0n) is 9.78. The zero-order chi connectivity index (χ0) is 13.9. The van der Waals surface area contributed by atoms with E-state index in [0.29, 0.717) is 0 Å². The maximum absolute atomic E-state index is 12.2. The van der Waals surface area contributed by atoms with Crippen molar-refractivity contribution in [1.82, 2.24) is 9.62 Å². The van der Waals surface area contributed by atoms with Gasteiger partial charge in [-0.1, -0.05) is 23.2 Å². The van der Waals surface area contributed by atoms with Crippen molar-refractivity contribution >= 4 is 39.1 Å². The van der Waals surface area contributed by atoms with Gasteiger partial charge in [-0.3, -0.25) is 4.79 Å². The summed E-state index contributed by atoms with van der Waals surface area (Å²) in [5.74, 6) is -0.417. The van der Waals surface area contributed by atoms with Crippen molar-refractivity contribution in [3.63, 3.8) is 0 Å². The molecule has 1 aromatic carbocycles. The van der Waals surface area contributed by atoms with Crippen LogP contribution in [0.3, 0.4) is 0 Å². The number of likely N-dealkylation sites (N-methyl/N-ethyl adjacent to an activating group) is 2. The van der Waals surface area contributed by atoms with Crippen LogP contribution in [0, 0.1) is 0 Å². The average Bonchev–Trinajstić information content (AvgIpc) is 2.31. The second kappa shape index (κ2) is 5.88. The molecule has 100 valence electrons. The van der Waals surface area contributed by atoms with Gasteiger partial charge in [0.15, 0.2) is 0 Å². The van der Waals surface area contributed by atoms with Gasteiger partial charge in [-0.2, -0.15) is 4.31 Å². The molecule has 0 unspecified atom stereocenters. The molecule has 0 atom stereocenters. The highest BCUT2D eigenvalue weighted by Gasteiger charge is 2.25. The van der Waals surface area contributed by atoms with Gasteiger partial charge in [-0.25, -0.2) is 8.42 Å². The van der Waals surface area contributed by atoms with Crippen LogP contribution in [0.5, 0.6) is 0 Å². The van der Waals surface area contributed by atoms with Gasteiger partial charge in [-0.15, -0.1) is 0 Å². The lowest BCUT2D eigenvalue weighted by atomic mass is 10.4. The van der Waals surface area contributed by atoms with Gasteiger partial charge in [0, 0.05) is 19.1 Å². The summed E-state index contributed by atoms with van der Waals surface area (Å²) in [6.45, 7) is -0.290. The van der Waals surface area contributed by atoms with Crippen molar-refractivity contribution in [3.05, 3.63) is 28.2 Å². The molecule has 0 saturated carbocycles. The fourth-order valence-electron chi connectivity index (χ4n) is 1.21. The maximum atomic E-state index is 12.2. The third-order valence-corrected chi connectivity index (χ3v) is 4.75. The molecule has 8 heteroatoms. The third kappa shape index (κ3) is 3.35. The van der Waals surface area contributed by atoms with Gasteiger partial charge >= 0.3 is 0 Å². The number of hydrogen-bond donors (Lipinski definition) is 1. The molecular formula is C10H12Cl2N2O3S. The number of nitrogens with one attached hydrogen (secondary N) is 1. The monoisotopic (exact) mass is 310 g/mol. The van der Waals surface area contributed by atoms with E-state index in [9.17, 15) is 13.2 Å². The van der Waals surface area contributed by atoms with Crippen LogP contribution >= 0.6 is 23.2 Å². The van der Waals surface area contributed by atoms with Crippen LogP contribution in [0.4, 0.5) is 0 Å². The van der Waals surface area contributed by atoms with E-state index in [1.165, 1.54) is 32.3 Å². The number of hydrogen-bond acceptors (Lipinski definition) is 3. The number of nitrogens with zero attached hydrogens (tertiary/aromatic N) is 1. The summed E-state index contributed by atoms with van der Waals surface area (Å²) in [4.78, 5) is 11.1. The van der Waals surface area contributed by atoms with E-state index in [0.717, 1.165) is 4.31 Å². The first-order chi connectivity index (χ1) is 8.28. The fraction of sp³-hybridized carbons (Fsp3) is 0.300. The Balaban J connectivity index is 3.13. The molecule has 5 nitrogen and oxygen atoms in total. The van der Waals surface area contributed by atoms with E-state index < -0.39 is 15.9 Å². The number of halogens is 2. The highest BCUT2D eigenvalue weighted by atomic mass is 35.5. The van der Waals surface area contributed by atoms with E-state index >= 15 is 0 Å². The Morgan fingerprint density at radius 2 is 2.00 bits per heavy atom. The van der Waals surface area contributed by atoms with E-state index in [4.69, 9.17) is 23.2 Å². The number of carbonyl (C=O) groups is 1. The summed E-state index contributed by atoms with van der Waals surface area (Å²) < 4.78 is 25.2. The second-order valence-corrected chi connectivity index (χ2v) is 6.37. The average molecular weight is 311 g/mol. The molecule has 0 spiro atoms. The number of benzene rings is 1. The van der Waals surface area contributed by atoms with Gasteiger partial charge in [0.25, 0.3) is 0 Å². The normalized spacial score (nSPS) is 11.6. The molecule has 0 aliphatic heterocycles. The first-order valence-electron chi connectivity index (χ1n) is 4.91. The first kappa shape index (κ1) is 15.2. The van der Waals surface area contributed by atoms with Gasteiger partial charge in [0.1, 0.15) is 4.90 Å². The number of sulfonamides is 1. The molecule has 0 aliphatic rings. The van der Waals surface area contributed by atoms with Crippen molar-refractivity contribution in [2.75, 3.05) is 20.6 Å². The summed E-state index contributed by atoms with van der Waals surface area (Å²) in [7, 11) is -1.12. The summed E-state index contributed by atoms with van der Waals surface area (Å²) in [6, 6.07) is 4.13. The lowest BCUT2D eigenvalue weighted by Crippen LogP contribution is -2.37. The standard InChI is InChI=1S/C10H12Cl2N2O3S/c1-13-10(15)6-14(2)18(16,17)9-5-7(11)3-4-8(9)12/h3-5H,6H2,1-2H3,(H,13,15). The lowest BCUT2D eigenvalue weighted by Gasteiger charge is -2.17. The minimum atomic E-state index is -3.84. The lowest BCUT2D eigenvalue weighted by molar-refractivity contribution is -0.120. The van der Waals surface area contributed by atoms with Crippen molar-refractivity contribution in [2.24, 2.45) is 0 Å². The van der Waals surface area contributed by atoms with Crippen LogP contribution in [0.15, 0.2) is 23.1 Å². The van der Waals surface area contributed by atoms with Crippen LogP contribution in [0.1, 0.15) is 0 Å². The van der Waals surface area contributed by atoms with Crippen LogP contribution in [0.25, 0.3) is 0 Å². The van der Waals surface area contributed by atoms with Crippen LogP contribution in [-0.2, 0) is 14.8 Å². The highest BCUT2D eigenvalue weighted by molar-refractivity contribution is 7.89. The van der Waals surface area contributed by atoms with E-state index in [1.54, 1.807) is 0 Å². The minimum absolute atomic E-state index is 0.0585. The highest BCUT2D eigenvalue weighted by Crippen LogP contribution is 2.26. The molecule has 1 amide bonds. The van der Waals surface area contributed by atoms with Crippen molar-refractivity contribution in [1.29, 1.82) is 0 Å². The smallest absolute Gasteiger partial charge is 0.244 e. The summed E-state index contributed by atoms with van der Waals surface area (Å²) in [5.41, 5.74) is 0. The Bertz CT molecular complexity index is 560. The van der Waals surface area contributed by atoms with Crippen molar-refractivity contribution < 1.29 is 13.2 Å². The topological polar surface area (TPSA) is 66.5 Å². The zero-order valence-corrected chi connectivity index (χ0v) is 12.1. The molecule has 1 rings (SSSR count). The molecule has 18 heavy (non-hydrogen) atoms. The SMILES string of the molecule is CNC(=O)CN(C)S(=O)(=O)c1cc(Cl)ccc1Cl. The van der Waals surface area contributed by atoms with Crippen LogP contribution in [0.2, 0.25) is 10.0 Å². The summed E-state index contributed by atoms with van der Waals surface area (Å²) in [5, 5.41) is 2.66. The summed E-state index contributed by atoms with van der Waals surface area (Å²) in [6.07, 6.45) is 0. The quantitative estimate of drug-likeness (QED) is 0.913. The Hall–Kier alpha value is -0.820. The summed E-state index contributed by atoms with van der Waals surface area (Å²) >= 11 is 11.6. The Morgan fingerprint density at radius 3 is 2.56 bits per heavy atom. The van der Waals surface area contributed by atoms with Gasteiger partial charge in [0.05, 0.1) is 11.6 Å². The maximum Gasteiger partial charge on any atom is 0.244 e. The van der Waals surface area contributed by atoms with Gasteiger partial charge in [-0.05, 0) is 18.2 Å². The largest absolute Gasteiger partial charge is 0.358 e. The van der Waals surface area contributed by atoms with Crippen molar-refractivity contribution in [2.45, 2.75) is 4.90 Å². The molecule has 0 aliphatic carbocycles. The molecule has 0 fully saturated rings. The van der Waals surface area contributed by atoms with Crippen LogP contribution in [-0.4, -0.2) is 39.3 Å². The Labute approximate surface area is 116 Å². The Kier molecular flexibility index (Phi) is 4.98. The molecule has 0 bridgehead atoms. The number of carbonyl (C=O) groups excluding carboxylic acids is 1. The van der Waals surface area contributed by atoms with Gasteiger partial charge < -0.3 is 5.32 Å². The molecule has 1 aromatic rings. The van der Waals surface area contributed by atoms with Crippen molar-refractivity contribution in [3.8, 4) is 0 Å². The van der Waals surface area contributed by atoms with E-state index in [-0.39, 0.29) is 21.5 Å². The number of amides is 1. The Morgan fingerprint density at radius 1 is 1.39 bits per heavy atom. The van der Waals surface area contributed by atoms with E-state index in [2.05, 4.69) is 5.32 Å². The fourth-order valence-corrected chi connectivity index (χ4v) is 3.07. The second-order valence-electron chi connectivity index (χ2n) is 3.51. The third-order valence-electron chi connectivity index (χ3n) is 2.23. The molecule has 0 aromatic heterocycles. The molecule has 0 heterocycles. The molecule has 1 N–H and O–H groups in total. The predicted molar refractivity (Wildman–Crippen MR) is 70.3 cm³/mol. The van der Waals surface area contributed by atoms with Gasteiger partial charge in [0.2, 0.25) is 15.9 Å². The molecular weight excluding hydrogens is 299 g/mol. The predicted octanol–water partition coefficient (Wildman–Crippen LogP) is 1.36. The molecule has 0 saturated heterocycles. The van der Waals surface area contributed by atoms with Crippen LogP contribution < -0.4 is 5.32 Å². The molecule has 0 radical (unpaired) electrons.